The lowest BCUT2D eigenvalue weighted by molar-refractivity contribution is 0.414. The lowest BCUT2D eigenvalue weighted by Gasteiger charge is -2.17. The van der Waals surface area contributed by atoms with Gasteiger partial charge in [-0.3, -0.25) is 18.9 Å². The summed E-state index contributed by atoms with van der Waals surface area (Å²) in [7, 11) is 3.26. The van der Waals surface area contributed by atoms with Gasteiger partial charge in [-0.2, -0.15) is 0 Å². The average molecular weight is 410 g/mol. The molecule has 0 fully saturated rings. The number of aromatic hydroxyl groups is 1. The zero-order valence-corrected chi connectivity index (χ0v) is 17.1. The van der Waals surface area contributed by atoms with Gasteiger partial charge in [0, 0.05) is 30.7 Å². The normalized spacial score (nSPS) is 16.2. The number of aliphatic imine (C=N–C) groups is 1. The minimum Gasteiger partial charge on any atom is -0.494 e. The van der Waals surface area contributed by atoms with Gasteiger partial charge in [-0.25, -0.2) is 0 Å². The van der Waals surface area contributed by atoms with Crippen LogP contribution in [0, 0.1) is 4.77 Å². The number of benzene rings is 2. The van der Waals surface area contributed by atoms with E-state index in [9.17, 15) is 9.90 Å². The Hall–Kier alpha value is -2.64. The molecule has 1 aromatic heterocycles. The molecular weight excluding hydrogens is 390 g/mol. The summed E-state index contributed by atoms with van der Waals surface area (Å²) in [6.45, 7) is 0. The molecule has 7 heteroatoms. The van der Waals surface area contributed by atoms with E-state index in [1.807, 2.05) is 42.5 Å². The Balaban J connectivity index is 1.95. The van der Waals surface area contributed by atoms with Crippen molar-refractivity contribution in [3.05, 3.63) is 80.8 Å². The lowest BCUT2D eigenvalue weighted by Crippen LogP contribution is -2.29. The van der Waals surface area contributed by atoms with Crippen LogP contribution in [0.4, 0.5) is 5.69 Å². The third kappa shape index (κ3) is 3.21. The van der Waals surface area contributed by atoms with Crippen LogP contribution in [0.2, 0.25) is 0 Å². The molecule has 1 aliphatic heterocycles. The zero-order chi connectivity index (χ0) is 19.8. The third-order valence-corrected chi connectivity index (χ3v) is 6.73. The third-order valence-electron chi connectivity index (χ3n) is 4.86. The first kappa shape index (κ1) is 18.7. The van der Waals surface area contributed by atoms with Gasteiger partial charge >= 0.3 is 0 Å². The summed E-state index contributed by atoms with van der Waals surface area (Å²) in [5, 5.41) is 10.8. The molecule has 142 valence electrons. The van der Waals surface area contributed by atoms with Crippen molar-refractivity contribution < 1.29 is 5.11 Å². The van der Waals surface area contributed by atoms with Crippen LogP contribution in [0.15, 0.2) is 69.3 Å². The van der Waals surface area contributed by atoms with Crippen molar-refractivity contribution in [2.24, 2.45) is 19.1 Å². The maximum absolute atomic E-state index is 13.0. The van der Waals surface area contributed by atoms with Gasteiger partial charge in [0.25, 0.3) is 5.56 Å². The van der Waals surface area contributed by atoms with Crippen LogP contribution in [0.3, 0.4) is 0 Å². The maximum atomic E-state index is 13.0. The van der Waals surface area contributed by atoms with Crippen LogP contribution in [0.25, 0.3) is 0 Å². The van der Waals surface area contributed by atoms with E-state index in [2.05, 4.69) is 12.1 Å². The van der Waals surface area contributed by atoms with E-state index in [0.29, 0.717) is 12.1 Å². The number of hydrogen-bond donors (Lipinski definition) is 1. The minimum atomic E-state index is -0.337. The molecule has 0 aliphatic carbocycles. The van der Waals surface area contributed by atoms with Crippen LogP contribution < -0.4 is 5.56 Å². The van der Waals surface area contributed by atoms with Gasteiger partial charge in [-0.1, -0.05) is 42.5 Å². The summed E-state index contributed by atoms with van der Waals surface area (Å²) in [4.78, 5) is 18.8. The molecule has 5 nitrogen and oxygen atoms in total. The van der Waals surface area contributed by atoms with Crippen molar-refractivity contribution in [2.45, 2.75) is 16.6 Å². The summed E-state index contributed by atoms with van der Waals surface area (Å²) >= 11 is 6.96. The fourth-order valence-electron chi connectivity index (χ4n) is 3.31. The average Bonchev–Trinajstić information content (AvgIpc) is 2.91. The highest BCUT2D eigenvalue weighted by molar-refractivity contribution is 7.99. The maximum Gasteiger partial charge on any atom is 0.267 e. The van der Waals surface area contributed by atoms with Crippen LogP contribution in [-0.2, 0) is 14.1 Å². The van der Waals surface area contributed by atoms with E-state index in [0.717, 1.165) is 16.1 Å². The first-order valence-corrected chi connectivity index (χ1v) is 10.1. The van der Waals surface area contributed by atoms with E-state index < -0.39 is 0 Å². The molecule has 1 atom stereocenters. The van der Waals surface area contributed by atoms with E-state index in [-0.39, 0.29) is 27.0 Å². The molecule has 3 aromatic rings. The number of hydrogen-bond acceptors (Lipinski definition) is 5. The smallest absolute Gasteiger partial charge is 0.267 e. The Labute approximate surface area is 172 Å². The summed E-state index contributed by atoms with van der Waals surface area (Å²) in [5.41, 5.74) is 2.38. The van der Waals surface area contributed by atoms with Crippen molar-refractivity contribution in [1.82, 2.24) is 9.13 Å². The predicted molar refractivity (Wildman–Crippen MR) is 115 cm³/mol. The Morgan fingerprint density at radius 3 is 2.50 bits per heavy atom. The molecule has 1 N–H and O–H groups in total. The van der Waals surface area contributed by atoms with E-state index in [1.165, 1.54) is 9.13 Å². The summed E-state index contributed by atoms with van der Waals surface area (Å²) in [6.07, 6.45) is 0.517. The van der Waals surface area contributed by atoms with Crippen molar-refractivity contribution in [3.63, 3.8) is 0 Å². The molecule has 0 amide bonds. The molecular formula is C21H19N3O2S2. The molecule has 0 radical (unpaired) electrons. The van der Waals surface area contributed by atoms with Gasteiger partial charge in [0.05, 0.1) is 11.4 Å². The molecule has 0 unspecified atom stereocenters. The van der Waals surface area contributed by atoms with Crippen molar-refractivity contribution >= 4 is 35.4 Å². The van der Waals surface area contributed by atoms with Gasteiger partial charge < -0.3 is 5.11 Å². The second-order valence-corrected chi connectivity index (χ2v) is 8.26. The quantitative estimate of drug-likeness (QED) is 0.633. The van der Waals surface area contributed by atoms with Crippen LogP contribution in [0.5, 0.6) is 5.88 Å². The fraction of sp³-hybridized carbons (Fsp3) is 0.190. The highest BCUT2D eigenvalue weighted by Crippen LogP contribution is 2.45. The lowest BCUT2D eigenvalue weighted by atomic mass is 10.0. The van der Waals surface area contributed by atoms with Gasteiger partial charge in [-0.15, -0.1) is 11.8 Å². The Bertz CT molecular complexity index is 1200. The van der Waals surface area contributed by atoms with Crippen LogP contribution in [-0.4, -0.2) is 20.0 Å². The molecule has 1 aliphatic rings. The number of nitrogens with zero attached hydrogens (tertiary/aromatic N) is 3. The molecule has 0 spiro atoms. The van der Waals surface area contributed by atoms with E-state index >= 15 is 0 Å². The molecule has 28 heavy (non-hydrogen) atoms. The predicted octanol–water partition coefficient (Wildman–Crippen LogP) is 4.52. The molecule has 0 bridgehead atoms. The number of aromatic nitrogens is 2. The largest absolute Gasteiger partial charge is 0.494 e. The highest BCUT2D eigenvalue weighted by atomic mass is 32.2. The minimum absolute atomic E-state index is 0.0705. The van der Waals surface area contributed by atoms with E-state index in [1.54, 1.807) is 25.9 Å². The molecule has 2 aromatic carbocycles. The van der Waals surface area contributed by atoms with Crippen molar-refractivity contribution in [1.29, 1.82) is 0 Å². The topological polar surface area (TPSA) is 59.5 Å². The molecule has 2 heterocycles. The number of fused-ring (bicyclic) bond motifs is 1. The Morgan fingerprint density at radius 1 is 1.07 bits per heavy atom. The van der Waals surface area contributed by atoms with Crippen LogP contribution in [0.1, 0.15) is 22.8 Å². The van der Waals surface area contributed by atoms with Crippen LogP contribution >= 0.6 is 24.0 Å². The van der Waals surface area contributed by atoms with Crippen molar-refractivity contribution in [2.75, 3.05) is 0 Å². The fourth-order valence-corrected chi connectivity index (χ4v) is 4.71. The molecule has 0 saturated carbocycles. The summed E-state index contributed by atoms with van der Waals surface area (Å²) < 4.78 is 3.07. The van der Waals surface area contributed by atoms with Gasteiger partial charge in [0.15, 0.2) is 4.77 Å². The van der Waals surface area contributed by atoms with Gasteiger partial charge in [0.1, 0.15) is 5.56 Å². The zero-order valence-electron chi connectivity index (χ0n) is 15.5. The molecule has 0 saturated heterocycles. The summed E-state index contributed by atoms with van der Waals surface area (Å²) in [6, 6.07) is 18.0. The second-order valence-electron chi connectivity index (χ2n) is 6.65. The number of rotatable bonds is 2. The van der Waals surface area contributed by atoms with E-state index in [4.69, 9.17) is 17.2 Å². The number of para-hydroxylation sites is 1. The Morgan fingerprint density at radius 2 is 1.75 bits per heavy atom. The Kier molecular flexibility index (Phi) is 4.95. The van der Waals surface area contributed by atoms with Crippen molar-refractivity contribution in [3.8, 4) is 5.88 Å². The first-order valence-electron chi connectivity index (χ1n) is 8.85. The monoisotopic (exact) mass is 409 g/mol. The highest BCUT2D eigenvalue weighted by Gasteiger charge is 2.27. The van der Waals surface area contributed by atoms with Gasteiger partial charge in [-0.05, 0) is 29.9 Å². The van der Waals surface area contributed by atoms with Gasteiger partial charge in [0.2, 0.25) is 5.88 Å². The standard InChI is InChI=1S/C21H19N3O2S2/c1-23-19(25)18(20(26)24(2)21(23)27)15-12-17(13-8-4-3-5-9-13)28-16-11-7-6-10-14(16)22-15/h3-11,17,25H,12H2,1-2H3/t17-/m1/s1. The first-order chi connectivity index (χ1) is 13.5. The molecule has 4 rings (SSSR count). The second kappa shape index (κ2) is 7.41. The number of thioether (sulfide) groups is 1. The SMILES string of the molecule is Cn1c(O)c(C2=Nc3ccccc3S[C@@H](c3ccccc3)C2)c(=O)n(C)c1=S. The summed E-state index contributed by atoms with van der Waals surface area (Å²) in [5.74, 6) is -0.150.